The lowest BCUT2D eigenvalue weighted by Crippen LogP contribution is -2.37. The minimum Gasteiger partial charge on any atom is -0.341 e. The van der Waals surface area contributed by atoms with E-state index in [4.69, 9.17) is 0 Å². The van der Waals surface area contributed by atoms with Crippen molar-refractivity contribution < 1.29 is 4.79 Å². The quantitative estimate of drug-likeness (QED) is 0.591. The molecule has 6 nitrogen and oxygen atoms in total. The number of carbonyl (C=O) groups is 1. The maximum atomic E-state index is 13.2. The van der Waals surface area contributed by atoms with Gasteiger partial charge in [0.05, 0.1) is 12.5 Å². The van der Waals surface area contributed by atoms with Crippen LogP contribution >= 0.6 is 0 Å². The van der Waals surface area contributed by atoms with Crippen LogP contribution in [0.2, 0.25) is 0 Å². The topological polar surface area (TPSA) is 54.3 Å². The van der Waals surface area contributed by atoms with Crippen molar-refractivity contribution in [3.8, 4) is 11.1 Å². The fourth-order valence-corrected chi connectivity index (χ4v) is 4.35. The molecule has 0 unspecified atom stereocenters. The molecule has 1 atom stereocenters. The van der Waals surface area contributed by atoms with E-state index >= 15 is 0 Å². The minimum absolute atomic E-state index is 0.0447. The lowest BCUT2D eigenvalue weighted by atomic mass is 9.96. The van der Waals surface area contributed by atoms with Crippen molar-refractivity contribution in [3.63, 3.8) is 0 Å². The molecule has 4 rings (SSSR count). The highest BCUT2D eigenvalue weighted by Gasteiger charge is 2.30. The van der Waals surface area contributed by atoms with Crippen molar-refractivity contribution in [2.45, 2.75) is 33.4 Å². The third kappa shape index (κ3) is 5.02. The summed E-state index contributed by atoms with van der Waals surface area (Å²) in [6, 6.07) is 12.6. The highest BCUT2D eigenvalue weighted by Crippen LogP contribution is 2.22. The van der Waals surface area contributed by atoms with Crippen LogP contribution in [0.15, 0.2) is 61.2 Å². The fourth-order valence-electron chi connectivity index (χ4n) is 4.35. The maximum Gasteiger partial charge on any atom is 0.227 e. The van der Waals surface area contributed by atoms with Crippen molar-refractivity contribution in [2.75, 3.05) is 26.2 Å². The number of imidazole rings is 1. The number of amides is 1. The second-order valence-corrected chi connectivity index (χ2v) is 8.12. The molecule has 0 bridgehead atoms. The standard InChI is InChI=1S/C25H31N5O/c1-3-29-13-12-27-24(29)19-28-14-15-30(4-2)25(31)23(18-28)16-20-7-9-21(10-8-20)22-6-5-11-26-17-22/h5-13,17,23H,3-4,14-16,18-19H2,1-2H3/t23-/m0/s1. The molecule has 6 heteroatoms. The van der Waals surface area contributed by atoms with Crippen LogP contribution in [-0.4, -0.2) is 56.4 Å². The number of nitrogens with zero attached hydrogens (tertiary/aromatic N) is 5. The molecule has 1 fully saturated rings. The van der Waals surface area contributed by atoms with Gasteiger partial charge in [-0.05, 0) is 43.0 Å². The van der Waals surface area contributed by atoms with Crippen molar-refractivity contribution >= 4 is 5.91 Å². The van der Waals surface area contributed by atoms with E-state index in [1.807, 2.05) is 29.6 Å². The highest BCUT2D eigenvalue weighted by atomic mass is 16.2. The van der Waals surface area contributed by atoms with E-state index in [9.17, 15) is 4.79 Å². The fraction of sp³-hybridized carbons (Fsp3) is 0.400. The van der Waals surface area contributed by atoms with Crippen LogP contribution in [0.5, 0.6) is 0 Å². The summed E-state index contributed by atoms with van der Waals surface area (Å²) < 4.78 is 2.18. The smallest absolute Gasteiger partial charge is 0.227 e. The van der Waals surface area contributed by atoms with Crippen LogP contribution in [0.4, 0.5) is 0 Å². The molecule has 1 saturated heterocycles. The highest BCUT2D eigenvalue weighted by molar-refractivity contribution is 5.79. The van der Waals surface area contributed by atoms with Gasteiger partial charge in [-0.3, -0.25) is 14.7 Å². The Kier molecular flexibility index (Phi) is 6.77. The summed E-state index contributed by atoms with van der Waals surface area (Å²) in [5.74, 6) is 1.29. The zero-order chi connectivity index (χ0) is 21.6. The van der Waals surface area contributed by atoms with E-state index in [0.717, 1.165) is 62.6 Å². The number of rotatable bonds is 7. The first-order valence-corrected chi connectivity index (χ1v) is 11.2. The average Bonchev–Trinajstić information content (AvgIpc) is 3.20. The molecule has 0 spiro atoms. The van der Waals surface area contributed by atoms with Gasteiger partial charge < -0.3 is 9.47 Å². The van der Waals surface area contributed by atoms with Crippen LogP contribution in [0.3, 0.4) is 0 Å². The molecule has 1 aliphatic heterocycles. The van der Waals surface area contributed by atoms with Gasteiger partial charge in [-0.1, -0.05) is 30.3 Å². The summed E-state index contributed by atoms with van der Waals surface area (Å²) >= 11 is 0. The van der Waals surface area contributed by atoms with Crippen LogP contribution < -0.4 is 0 Å². The predicted molar refractivity (Wildman–Crippen MR) is 122 cm³/mol. The second kappa shape index (κ2) is 9.88. The van der Waals surface area contributed by atoms with Crippen molar-refractivity contribution in [1.29, 1.82) is 0 Å². The second-order valence-electron chi connectivity index (χ2n) is 8.12. The number of benzene rings is 1. The number of carbonyl (C=O) groups excluding carboxylic acids is 1. The summed E-state index contributed by atoms with van der Waals surface area (Å²) in [6.07, 6.45) is 8.30. The molecule has 0 saturated carbocycles. The number of hydrogen-bond donors (Lipinski definition) is 0. The lowest BCUT2D eigenvalue weighted by molar-refractivity contribution is -0.134. The predicted octanol–water partition coefficient (Wildman–Crippen LogP) is 3.49. The molecule has 1 aliphatic rings. The Morgan fingerprint density at radius 1 is 1.00 bits per heavy atom. The molecule has 162 valence electrons. The Morgan fingerprint density at radius 2 is 1.84 bits per heavy atom. The largest absolute Gasteiger partial charge is 0.341 e. The molecule has 3 aromatic rings. The molecular weight excluding hydrogens is 386 g/mol. The molecule has 3 heterocycles. The van der Waals surface area contributed by atoms with Crippen LogP contribution in [0.1, 0.15) is 25.2 Å². The number of likely N-dealkylation sites (N-methyl/N-ethyl adjacent to an activating group) is 1. The maximum absolute atomic E-state index is 13.2. The van der Waals surface area contributed by atoms with E-state index in [2.05, 4.69) is 63.6 Å². The van der Waals surface area contributed by atoms with Gasteiger partial charge in [-0.25, -0.2) is 4.98 Å². The van der Waals surface area contributed by atoms with Gasteiger partial charge in [0.25, 0.3) is 0 Å². The van der Waals surface area contributed by atoms with Crippen molar-refractivity contribution in [1.82, 2.24) is 24.3 Å². The molecule has 2 aromatic heterocycles. The molecule has 0 N–H and O–H groups in total. The Labute approximate surface area is 184 Å². The first-order chi connectivity index (χ1) is 15.2. The number of aromatic nitrogens is 3. The Bertz CT molecular complexity index is 983. The van der Waals surface area contributed by atoms with Gasteiger partial charge in [-0.15, -0.1) is 0 Å². The first-order valence-electron chi connectivity index (χ1n) is 11.2. The zero-order valence-electron chi connectivity index (χ0n) is 18.4. The van der Waals surface area contributed by atoms with Crippen molar-refractivity contribution in [2.24, 2.45) is 5.92 Å². The van der Waals surface area contributed by atoms with Crippen LogP contribution in [0, 0.1) is 5.92 Å². The number of hydrogen-bond acceptors (Lipinski definition) is 4. The van der Waals surface area contributed by atoms with E-state index in [0.29, 0.717) is 0 Å². The first kappa shape index (κ1) is 21.2. The molecular formula is C25H31N5O. The minimum atomic E-state index is -0.0447. The van der Waals surface area contributed by atoms with E-state index in [1.165, 1.54) is 5.56 Å². The van der Waals surface area contributed by atoms with Crippen molar-refractivity contribution in [3.05, 3.63) is 72.6 Å². The Morgan fingerprint density at radius 3 is 2.55 bits per heavy atom. The van der Waals surface area contributed by atoms with Gasteiger partial charge in [0.1, 0.15) is 5.82 Å². The lowest BCUT2D eigenvalue weighted by Gasteiger charge is -2.23. The van der Waals surface area contributed by atoms with Gasteiger partial charge >= 0.3 is 0 Å². The average molecular weight is 418 g/mol. The molecule has 0 radical (unpaired) electrons. The third-order valence-electron chi connectivity index (χ3n) is 6.15. The zero-order valence-corrected chi connectivity index (χ0v) is 18.4. The number of pyridine rings is 1. The van der Waals surface area contributed by atoms with Gasteiger partial charge in [-0.2, -0.15) is 0 Å². The SMILES string of the molecule is CCN1CCN(Cc2nccn2CC)C[C@H](Cc2ccc(-c3cccnc3)cc2)C1=O. The third-order valence-corrected chi connectivity index (χ3v) is 6.15. The van der Waals surface area contributed by atoms with E-state index in [1.54, 1.807) is 6.20 Å². The summed E-state index contributed by atoms with van der Waals surface area (Å²) in [6.45, 7) is 9.07. The molecule has 1 aromatic carbocycles. The molecule has 0 aliphatic carbocycles. The van der Waals surface area contributed by atoms with Gasteiger partial charge in [0.2, 0.25) is 5.91 Å². The molecule has 1 amide bonds. The molecule has 31 heavy (non-hydrogen) atoms. The van der Waals surface area contributed by atoms with Gasteiger partial charge in [0.15, 0.2) is 0 Å². The van der Waals surface area contributed by atoms with E-state index < -0.39 is 0 Å². The van der Waals surface area contributed by atoms with Crippen LogP contribution in [-0.2, 0) is 24.3 Å². The van der Waals surface area contributed by atoms with E-state index in [-0.39, 0.29) is 11.8 Å². The summed E-state index contributed by atoms with van der Waals surface area (Å²) in [5, 5.41) is 0. The van der Waals surface area contributed by atoms with Gasteiger partial charge in [0, 0.05) is 57.5 Å². The van der Waals surface area contributed by atoms with Crippen LogP contribution in [0.25, 0.3) is 11.1 Å². The normalized spacial score (nSPS) is 17.7. The summed E-state index contributed by atoms with van der Waals surface area (Å²) in [4.78, 5) is 26.3. The summed E-state index contributed by atoms with van der Waals surface area (Å²) in [5.41, 5.74) is 3.44. The monoisotopic (exact) mass is 417 g/mol. The Balaban J connectivity index is 1.49. The Hall–Kier alpha value is -2.99. The summed E-state index contributed by atoms with van der Waals surface area (Å²) in [7, 11) is 0. The number of aryl methyl sites for hydroxylation is 1.